The molecule has 0 radical (unpaired) electrons. The summed E-state index contributed by atoms with van der Waals surface area (Å²) in [6.07, 6.45) is 0. The van der Waals surface area contributed by atoms with Crippen LogP contribution in [0, 0.1) is 11.6 Å². The fourth-order valence-electron chi connectivity index (χ4n) is 2.04. The smallest absolute Gasteiger partial charge is 0.246 e. The van der Waals surface area contributed by atoms with E-state index in [1.54, 1.807) is 25.1 Å². The van der Waals surface area contributed by atoms with Gasteiger partial charge in [0, 0.05) is 18.7 Å². The second kappa shape index (κ2) is 7.94. The third kappa shape index (κ3) is 5.15. The number of rotatable bonds is 5. The molecule has 0 aromatic heterocycles. The van der Waals surface area contributed by atoms with Crippen molar-refractivity contribution in [1.82, 2.24) is 0 Å². The van der Waals surface area contributed by atoms with E-state index in [2.05, 4.69) is 16.0 Å². The van der Waals surface area contributed by atoms with E-state index >= 15 is 0 Å². The van der Waals surface area contributed by atoms with Gasteiger partial charge in [-0.2, -0.15) is 0 Å². The van der Waals surface area contributed by atoms with Crippen molar-refractivity contribution in [1.29, 1.82) is 0 Å². The van der Waals surface area contributed by atoms with Crippen LogP contribution in [0.15, 0.2) is 36.4 Å². The monoisotopic (exact) mass is 367 g/mol. The van der Waals surface area contributed by atoms with Gasteiger partial charge in [-0.25, -0.2) is 8.78 Å². The van der Waals surface area contributed by atoms with Gasteiger partial charge in [-0.15, -0.1) is 0 Å². The van der Waals surface area contributed by atoms with Crippen molar-refractivity contribution in [3.05, 3.63) is 53.1 Å². The maximum absolute atomic E-state index is 13.6. The van der Waals surface area contributed by atoms with Crippen LogP contribution in [0.1, 0.15) is 13.8 Å². The van der Waals surface area contributed by atoms with Crippen molar-refractivity contribution in [2.24, 2.45) is 0 Å². The summed E-state index contributed by atoms with van der Waals surface area (Å²) in [5, 5.41) is 8.16. The Morgan fingerprint density at radius 1 is 1.04 bits per heavy atom. The number of anilines is 3. The van der Waals surface area contributed by atoms with E-state index in [4.69, 9.17) is 11.6 Å². The number of hydrogen-bond donors (Lipinski definition) is 3. The zero-order valence-corrected chi connectivity index (χ0v) is 14.2. The first-order chi connectivity index (χ1) is 11.8. The van der Waals surface area contributed by atoms with Crippen molar-refractivity contribution in [3.63, 3.8) is 0 Å². The number of halogens is 3. The van der Waals surface area contributed by atoms with E-state index in [0.717, 1.165) is 12.1 Å². The highest BCUT2D eigenvalue weighted by Crippen LogP contribution is 2.26. The van der Waals surface area contributed by atoms with Crippen molar-refractivity contribution in [2.45, 2.75) is 19.9 Å². The van der Waals surface area contributed by atoms with E-state index in [1.807, 2.05) is 0 Å². The van der Waals surface area contributed by atoms with Crippen LogP contribution in [0.4, 0.5) is 25.8 Å². The predicted molar refractivity (Wildman–Crippen MR) is 93.8 cm³/mol. The molecule has 0 saturated heterocycles. The molecule has 1 atom stereocenters. The summed E-state index contributed by atoms with van der Waals surface area (Å²) >= 11 is 6.06. The van der Waals surface area contributed by atoms with Gasteiger partial charge in [0.15, 0.2) is 0 Å². The number of amides is 2. The minimum Gasteiger partial charge on any atom is -0.374 e. The normalized spacial score (nSPS) is 11.6. The first kappa shape index (κ1) is 18.7. The summed E-state index contributed by atoms with van der Waals surface area (Å²) in [7, 11) is 0. The summed E-state index contributed by atoms with van der Waals surface area (Å²) in [6, 6.07) is 6.96. The molecule has 3 N–H and O–H groups in total. The number of benzene rings is 2. The van der Waals surface area contributed by atoms with Crippen LogP contribution in [0.25, 0.3) is 0 Å². The number of carbonyl (C=O) groups is 2. The number of hydrogen-bond acceptors (Lipinski definition) is 3. The molecule has 2 aromatic rings. The van der Waals surface area contributed by atoms with E-state index in [1.165, 1.54) is 6.92 Å². The van der Waals surface area contributed by atoms with Crippen LogP contribution in [-0.4, -0.2) is 17.9 Å². The molecule has 2 rings (SSSR count). The molecule has 5 nitrogen and oxygen atoms in total. The zero-order valence-electron chi connectivity index (χ0n) is 13.5. The van der Waals surface area contributed by atoms with Crippen LogP contribution >= 0.6 is 11.6 Å². The van der Waals surface area contributed by atoms with Gasteiger partial charge in [0.05, 0.1) is 16.4 Å². The molecule has 8 heteroatoms. The third-order valence-electron chi connectivity index (χ3n) is 3.25. The molecule has 0 bridgehead atoms. The second-order valence-corrected chi connectivity index (χ2v) is 5.76. The van der Waals surface area contributed by atoms with Crippen LogP contribution in [0.3, 0.4) is 0 Å². The zero-order chi connectivity index (χ0) is 18.6. The van der Waals surface area contributed by atoms with Gasteiger partial charge in [-0.1, -0.05) is 11.6 Å². The predicted octanol–water partition coefficient (Wildman–Crippen LogP) is 4.02. The summed E-state index contributed by atoms with van der Waals surface area (Å²) < 4.78 is 26.5. The van der Waals surface area contributed by atoms with Gasteiger partial charge in [0.1, 0.15) is 17.7 Å². The Balaban J connectivity index is 2.03. The minimum atomic E-state index is -0.858. The lowest BCUT2D eigenvalue weighted by atomic mass is 10.2. The molecule has 0 aliphatic carbocycles. The largest absolute Gasteiger partial charge is 0.374 e. The molecule has 0 aliphatic heterocycles. The first-order valence-corrected chi connectivity index (χ1v) is 7.73. The first-order valence-electron chi connectivity index (χ1n) is 7.36. The fraction of sp³-hybridized carbons (Fsp3) is 0.176. The maximum atomic E-state index is 13.6. The molecule has 0 saturated carbocycles. The minimum absolute atomic E-state index is 0.112. The highest BCUT2D eigenvalue weighted by molar-refractivity contribution is 6.34. The van der Waals surface area contributed by atoms with Gasteiger partial charge < -0.3 is 16.0 Å². The van der Waals surface area contributed by atoms with E-state index < -0.39 is 23.6 Å². The second-order valence-electron chi connectivity index (χ2n) is 5.36. The van der Waals surface area contributed by atoms with Crippen molar-refractivity contribution in [3.8, 4) is 0 Å². The average Bonchev–Trinajstić information content (AvgIpc) is 2.52. The lowest BCUT2D eigenvalue weighted by molar-refractivity contribution is -0.116. The highest BCUT2D eigenvalue weighted by atomic mass is 35.5. The Hall–Kier alpha value is -2.67. The van der Waals surface area contributed by atoms with E-state index in [0.29, 0.717) is 22.5 Å². The topological polar surface area (TPSA) is 70.2 Å². The Morgan fingerprint density at radius 2 is 1.72 bits per heavy atom. The van der Waals surface area contributed by atoms with Gasteiger partial charge in [0.2, 0.25) is 11.8 Å². The van der Waals surface area contributed by atoms with Gasteiger partial charge >= 0.3 is 0 Å². The van der Waals surface area contributed by atoms with Gasteiger partial charge in [-0.3, -0.25) is 9.59 Å². The Morgan fingerprint density at radius 3 is 2.32 bits per heavy atom. The third-order valence-corrected chi connectivity index (χ3v) is 3.56. The molecule has 132 valence electrons. The van der Waals surface area contributed by atoms with E-state index in [-0.39, 0.29) is 11.6 Å². The number of nitrogens with one attached hydrogen (secondary N) is 3. The van der Waals surface area contributed by atoms with Crippen LogP contribution in [0.2, 0.25) is 5.02 Å². The lowest BCUT2D eigenvalue weighted by Gasteiger charge is -2.16. The van der Waals surface area contributed by atoms with Crippen molar-refractivity contribution in [2.75, 3.05) is 16.0 Å². The Bertz CT molecular complexity index is 814. The number of carbonyl (C=O) groups excluding carboxylic acids is 2. The molecule has 1 unspecified atom stereocenters. The molecule has 0 aliphatic rings. The average molecular weight is 368 g/mol. The SMILES string of the molecule is CC(=O)Nc1ccc(NC(C)C(=O)Nc2ccc(F)cc2F)cc1Cl. The van der Waals surface area contributed by atoms with Crippen LogP contribution < -0.4 is 16.0 Å². The molecule has 0 fully saturated rings. The van der Waals surface area contributed by atoms with Gasteiger partial charge in [-0.05, 0) is 37.3 Å². The molecular formula is C17H16ClF2N3O2. The van der Waals surface area contributed by atoms with Crippen LogP contribution in [-0.2, 0) is 9.59 Å². The van der Waals surface area contributed by atoms with E-state index in [9.17, 15) is 18.4 Å². The molecule has 2 aromatic carbocycles. The molecule has 0 heterocycles. The van der Waals surface area contributed by atoms with Crippen LogP contribution in [0.5, 0.6) is 0 Å². The van der Waals surface area contributed by atoms with Gasteiger partial charge in [0.25, 0.3) is 0 Å². The quantitative estimate of drug-likeness (QED) is 0.747. The molecular weight excluding hydrogens is 352 g/mol. The molecule has 0 spiro atoms. The maximum Gasteiger partial charge on any atom is 0.246 e. The fourth-order valence-corrected chi connectivity index (χ4v) is 2.27. The summed E-state index contributed by atoms with van der Waals surface area (Å²) in [4.78, 5) is 23.2. The molecule has 25 heavy (non-hydrogen) atoms. The summed E-state index contributed by atoms with van der Waals surface area (Å²) in [5.41, 5.74) is 0.880. The molecule has 2 amide bonds. The standard InChI is InChI=1S/C17H16ClF2N3O2/c1-9(17(25)23-16-5-3-11(19)7-14(16)20)21-12-4-6-15(13(18)8-12)22-10(2)24/h3-9,21H,1-2H3,(H,22,24)(H,23,25). The Kier molecular flexibility index (Phi) is 5.93. The highest BCUT2D eigenvalue weighted by Gasteiger charge is 2.15. The summed E-state index contributed by atoms with van der Waals surface area (Å²) in [6.45, 7) is 2.94. The van der Waals surface area contributed by atoms with Crippen molar-refractivity contribution >= 4 is 40.5 Å². The van der Waals surface area contributed by atoms with Crippen molar-refractivity contribution < 1.29 is 18.4 Å². The summed E-state index contributed by atoms with van der Waals surface area (Å²) in [5.74, 6) is -2.34. The lowest BCUT2D eigenvalue weighted by Crippen LogP contribution is -2.32. The Labute approximate surface area is 148 Å².